The van der Waals surface area contributed by atoms with Crippen LogP contribution in [0.15, 0.2) is 77.4 Å². The Bertz CT molecular complexity index is 892. The Hall–Kier alpha value is -3.54. The fourth-order valence-corrected chi connectivity index (χ4v) is 2.67. The van der Waals surface area contributed by atoms with Crippen molar-refractivity contribution in [3.8, 4) is 0 Å². The maximum Gasteiger partial charge on any atom is 0.291 e. The van der Waals surface area contributed by atoms with E-state index in [1.807, 2.05) is 42.2 Å². The standard InChI is InChI=1S/C21H21N3O3/c1-2-24(18-10-4-3-5-11-18)15-20(25)22-16-8-6-9-17(14-16)23-21(26)19-12-7-13-27-19/h3-14H,2,15H2,1H3,(H,22,25)(H,23,26). The molecule has 0 aliphatic heterocycles. The molecule has 0 aliphatic carbocycles. The Balaban J connectivity index is 1.61. The zero-order valence-corrected chi connectivity index (χ0v) is 15.0. The average Bonchev–Trinajstić information content (AvgIpc) is 3.22. The molecule has 1 heterocycles. The van der Waals surface area contributed by atoms with E-state index in [1.54, 1.807) is 36.4 Å². The second-order valence-corrected chi connectivity index (χ2v) is 5.91. The number of amides is 2. The van der Waals surface area contributed by atoms with Crippen molar-refractivity contribution >= 4 is 28.9 Å². The highest BCUT2D eigenvalue weighted by molar-refractivity contribution is 6.02. The SMILES string of the molecule is CCN(CC(=O)Nc1cccc(NC(=O)c2ccco2)c1)c1ccccc1. The van der Waals surface area contributed by atoms with Crippen LogP contribution in [-0.2, 0) is 4.79 Å². The number of carbonyl (C=O) groups is 2. The highest BCUT2D eigenvalue weighted by Crippen LogP contribution is 2.17. The van der Waals surface area contributed by atoms with Crippen molar-refractivity contribution in [1.29, 1.82) is 0 Å². The van der Waals surface area contributed by atoms with E-state index in [-0.39, 0.29) is 24.1 Å². The van der Waals surface area contributed by atoms with Gasteiger partial charge in [0.2, 0.25) is 5.91 Å². The second-order valence-electron chi connectivity index (χ2n) is 5.91. The van der Waals surface area contributed by atoms with Crippen molar-refractivity contribution in [2.45, 2.75) is 6.92 Å². The molecular weight excluding hydrogens is 342 g/mol. The number of para-hydroxylation sites is 1. The van der Waals surface area contributed by atoms with E-state index in [4.69, 9.17) is 4.42 Å². The van der Waals surface area contributed by atoms with Gasteiger partial charge in [-0.05, 0) is 49.4 Å². The third-order valence-electron chi connectivity index (χ3n) is 3.99. The van der Waals surface area contributed by atoms with Crippen LogP contribution in [0.2, 0.25) is 0 Å². The van der Waals surface area contributed by atoms with E-state index in [1.165, 1.54) is 6.26 Å². The lowest BCUT2D eigenvalue weighted by Gasteiger charge is -2.22. The number of hydrogen-bond acceptors (Lipinski definition) is 4. The predicted molar refractivity (Wildman–Crippen MR) is 106 cm³/mol. The Morgan fingerprint density at radius 1 is 0.926 bits per heavy atom. The summed E-state index contributed by atoms with van der Waals surface area (Å²) in [6.07, 6.45) is 1.44. The first kappa shape index (κ1) is 18.3. The van der Waals surface area contributed by atoms with E-state index >= 15 is 0 Å². The Morgan fingerprint density at radius 2 is 1.67 bits per heavy atom. The smallest absolute Gasteiger partial charge is 0.291 e. The Labute approximate surface area is 157 Å². The van der Waals surface area contributed by atoms with Crippen LogP contribution in [0.25, 0.3) is 0 Å². The third-order valence-corrected chi connectivity index (χ3v) is 3.99. The van der Waals surface area contributed by atoms with Crippen LogP contribution in [0.5, 0.6) is 0 Å². The fraction of sp³-hybridized carbons (Fsp3) is 0.143. The van der Waals surface area contributed by atoms with E-state index in [2.05, 4.69) is 10.6 Å². The van der Waals surface area contributed by atoms with Crippen molar-refractivity contribution in [2.75, 3.05) is 28.6 Å². The minimum atomic E-state index is -0.343. The highest BCUT2D eigenvalue weighted by atomic mass is 16.3. The van der Waals surface area contributed by atoms with Crippen LogP contribution >= 0.6 is 0 Å². The minimum absolute atomic E-state index is 0.129. The van der Waals surface area contributed by atoms with Gasteiger partial charge in [-0.1, -0.05) is 24.3 Å². The van der Waals surface area contributed by atoms with E-state index in [9.17, 15) is 9.59 Å². The molecule has 0 saturated carbocycles. The van der Waals surface area contributed by atoms with E-state index in [0.717, 1.165) is 12.2 Å². The Morgan fingerprint density at radius 3 is 2.33 bits per heavy atom. The summed E-state index contributed by atoms with van der Waals surface area (Å²) in [4.78, 5) is 26.5. The van der Waals surface area contributed by atoms with Crippen molar-refractivity contribution < 1.29 is 14.0 Å². The first-order valence-corrected chi connectivity index (χ1v) is 8.70. The summed E-state index contributed by atoms with van der Waals surface area (Å²) < 4.78 is 5.07. The summed E-state index contributed by atoms with van der Waals surface area (Å²) in [6, 6.07) is 20.0. The number of furan rings is 1. The van der Waals surface area contributed by atoms with Gasteiger partial charge in [0.1, 0.15) is 0 Å². The number of likely N-dealkylation sites (N-methyl/N-ethyl adjacent to an activating group) is 1. The number of nitrogens with one attached hydrogen (secondary N) is 2. The molecule has 2 N–H and O–H groups in total. The molecule has 2 aromatic carbocycles. The van der Waals surface area contributed by atoms with Crippen LogP contribution < -0.4 is 15.5 Å². The van der Waals surface area contributed by atoms with Crippen LogP contribution in [0.1, 0.15) is 17.5 Å². The number of nitrogens with zero attached hydrogens (tertiary/aromatic N) is 1. The van der Waals surface area contributed by atoms with Gasteiger partial charge in [-0.15, -0.1) is 0 Å². The molecule has 2 amide bonds. The first-order chi connectivity index (χ1) is 13.2. The molecule has 0 unspecified atom stereocenters. The number of rotatable bonds is 7. The van der Waals surface area contributed by atoms with Gasteiger partial charge in [-0.25, -0.2) is 0 Å². The molecule has 27 heavy (non-hydrogen) atoms. The summed E-state index contributed by atoms with van der Waals surface area (Å²) in [7, 11) is 0. The van der Waals surface area contributed by atoms with E-state index in [0.29, 0.717) is 11.4 Å². The third kappa shape index (κ3) is 4.98. The summed E-state index contributed by atoms with van der Waals surface area (Å²) in [5.41, 5.74) is 2.18. The van der Waals surface area contributed by atoms with E-state index < -0.39 is 0 Å². The van der Waals surface area contributed by atoms with Crippen LogP contribution in [0.3, 0.4) is 0 Å². The number of carbonyl (C=O) groups excluding carboxylic acids is 2. The minimum Gasteiger partial charge on any atom is -0.459 e. The lowest BCUT2D eigenvalue weighted by Crippen LogP contribution is -2.33. The zero-order valence-electron chi connectivity index (χ0n) is 15.0. The topological polar surface area (TPSA) is 74.6 Å². The predicted octanol–water partition coefficient (Wildman–Crippen LogP) is 4.00. The lowest BCUT2D eigenvalue weighted by molar-refractivity contribution is -0.115. The summed E-state index contributed by atoms with van der Waals surface area (Å²) in [5.74, 6) is -0.245. The molecule has 6 nitrogen and oxygen atoms in total. The maximum absolute atomic E-state index is 12.4. The molecule has 0 spiro atoms. The molecule has 0 atom stereocenters. The van der Waals surface area contributed by atoms with Gasteiger partial charge >= 0.3 is 0 Å². The van der Waals surface area contributed by atoms with Crippen molar-refractivity contribution in [1.82, 2.24) is 0 Å². The number of anilines is 3. The van der Waals surface area contributed by atoms with Gasteiger partial charge in [-0.2, -0.15) is 0 Å². The molecule has 0 saturated heterocycles. The zero-order chi connectivity index (χ0) is 19.1. The normalized spacial score (nSPS) is 10.3. The summed E-state index contributed by atoms with van der Waals surface area (Å²) in [6.45, 7) is 2.96. The van der Waals surface area contributed by atoms with Crippen molar-refractivity contribution in [3.05, 3.63) is 78.8 Å². The van der Waals surface area contributed by atoms with Crippen molar-refractivity contribution in [2.24, 2.45) is 0 Å². The lowest BCUT2D eigenvalue weighted by atomic mass is 10.2. The van der Waals surface area contributed by atoms with Gasteiger partial charge in [0.15, 0.2) is 5.76 Å². The molecule has 6 heteroatoms. The average molecular weight is 363 g/mol. The monoisotopic (exact) mass is 363 g/mol. The summed E-state index contributed by atoms with van der Waals surface area (Å²) >= 11 is 0. The van der Waals surface area contributed by atoms with Crippen LogP contribution in [0.4, 0.5) is 17.1 Å². The van der Waals surface area contributed by atoms with Gasteiger partial charge in [0.25, 0.3) is 5.91 Å². The maximum atomic E-state index is 12.4. The van der Waals surface area contributed by atoms with Gasteiger partial charge in [0, 0.05) is 23.6 Å². The molecule has 1 aromatic heterocycles. The molecule has 0 fully saturated rings. The number of benzene rings is 2. The molecule has 0 aliphatic rings. The van der Waals surface area contributed by atoms with Crippen molar-refractivity contribution in [3.63, 3.8) is 0 Å². The first-order valence-electron chi connectivity index (χ1n) is 8.70. The molecule has 3 rings (SSSR count). The molecule has 0 bridgehead atoms. The van der Waals surface area contributed by atoms with Gasteiger partial charge < -0.3 is 20.0 Å². The van der Waals surface area contributed by atoms with Gasteiger partial charge in [0.05, 0.1) is 12.8 Å². The largest absolute Gasteiger partial charge is 0.459 e. The number of hydrogen-bond donors (Lipinski definition) is 2. The molecular formula is C21H21N3O3. The highest BCUT2D eigenvalue weighted by Gasteiger charge is 2.12. The van der Waals surface area contributed by atoms with Crippen LogP contribution in [-0.4, -0.2) is 24.9 Å². The molecule has 3 aromatic rings. The quantitative estimate of drug-likeness (QED) is 0.665. The second kappa shape index (κ2) is 8.71. The molecule has 138 valence electrons. The fourth-order valence-electron chi connectivity index (χ4n) is 2.67. The van der Waals surface area contributed by atoms with Gasteiger partial charge in [-0.3, -0.25) is 9.59 Å². The Kier molecular flexibility index (Phi) is 5.89. The summed E-state index contributed by atoms with van der Waals surface area (Å²) in [5, 5.41) is 5.61. The van der Waals surface area contributed by atoms with Crippen LogP contribution in [0, 0.1) is 0 Å². The molecule has 0 radical (unpaired) electrons.